The van der Waals surface area contributed by atoms with Crippen LogP contribution in [-0.2, 0) is 5.41 Å². The van der Waals surface area contributed by atoms with Crippen molar-refractivity contribution in [3.05, 3.63) is 29.0 Å². The summed E-state index contributed by atoms with van der Waals surface area (Å²) in [5, 5.41) is 14.3. The van der Waals surface area contributed by atoms with Crippen LogP contribution in [0.25, 0.3) is 15.5 Å². The Labute approximate surface area is 125 Å². The maximum Gasteiger partial charge on any atom is 0.235 e. The second-order valence-corrected chi connectivity index (χ2v) is 6.94. The Bertz CT molecular complexity index is 784. The number of para-hydroxylation sites is 1. The Morgan fingerprint density at radius 1 is 1.25 bits per heavy atom. The van der Waals surface area contributed by atoms with E-state index in [0.717, 1.165) is 21.4 Å². The Hall–Kier alpha value is -1.66. The van der Waals surface area contributed by atoms with Crippen LogP contribution in [0.5, 0.6) is 0 Å². The third-order valence-electron chi connectivity index (χ3n) is 2.95. The van der Waals surface area contributed by atoms with E-state index < -0.39 is 0 Å². The van der Waals surface area contributed by atoms with Crippen LogP contribution in [0.1, 0.15) is 26.6 Å². The normalized spacial score (nSPS) is 12.2. The minimum Gasteiger partial charge on any atom is -0.397 e. The molecule has 2 aromatic heterocycles. The molecule has 20 heavy (non-hydrogen) atoms. The topological polar surface area (TPSA) is 69.1 Å². The quantitative estimate of drug-likeness (QED) is 0.700. The van der Waals surface area contributed by atoms with Gasteiger partial charge in [-0.25, -0.2) is 0 Å². The summed E-state index contributed by atoms with van der Waals surface area (Å²) < 4.78 is 1.78. The molecule has 0 atom stereocenters. The van der Waals surface area contributed by atoms with Crippen LogP contribution in [0.15, 0.2) is 18.2 Å². The molecule has 0 saturated heterocycles. The van der Waals surface area contributed by atoms with Crippen molar-refractivity contribution < 1.29 is 0 Å². The summed E-state index contributed by atoms with van der Waals surface area (Å²) in [6.45, 7) is 6.24. The summed E-state index contributed by atoms with van der Waals surface area (Å²) >= 11 is 7.51. The first-order valence-corrected chi connectivity index (χ1v) is 7.34. The zero-order valence-electron chi connectivity index (χ0n) is 11.4. The lowest BCUT2D eigenvalue weighted by molar-refractivity contribution is 0.528. The van der Waals surface area contributed by atoms with Gasteiger partial charge in [-0.2, -0.15) is 9.61 Å². The molecule has 3 rings (SSSR count). The molecule has 5 nitrogen and oxygen atoms in total. The van der Waals surface area contributed by atoms with Crippen LogP contribution in [0.3, 0.4) is 0 Å². The molecule has 0 bridgehead atoms. The van der Waals surface area contributed by atoms with E-state index in [4.69, 9.17) is 17.3 Å². The number of benzene rings is 1. The Kier molecular flexibility index (Phi) is 2.95. The van der Waals surface area contributed by atoms with Crippen LogP contribution in [0.4, 0.5) is 5.69 Å². The van der Waals surface area contributed by atoms with Gasteiger partial charge in [0.15, 0.2) is 5.82 Å². The van der Waals surface area contributed by atoms with E-state index in [1.165, 1.54) is 11.3 Å². The second kappa shape index (κ2) is 4.43. The van der Waals surface area contributed by atoms with Crippen LogP contribution in [-0.4, -0.2) is 19.8 Å². The fourth-order valence-electron chi connectivity index (χ4n) is 1.92. The van der Waals surface area contributed by atoms with Crippen LogP contribution in [0.2, 0.25) is 5.02 Å². The molecule has 0 saturated carbocycles. The van der Waals surface area contributed by atoms with Gasteiger partial charge in [0.2, 0.25) is 4.96 Å². The highest BCUT2D eigenvalue weighted by Crippen LogP contribution is 2.34. The van der Waals surface area contributed by atoms with Crippen molar-refractivity contribution in [1.82, 2.24) is 19.8 Å². The zero-order valence-corrected chi connectivity index (χ0v) is 13.0. The van der Waals surface area contributed by atoms with E-state index in [0.29, 0.717) is 10.7 Å². The Morgan fingerprint density at radius 2 is 2.00 bits per heavy atom. The number of aromatic nitrogens is 4. The first kappa shape index (κ1) is 13.3. The van der Waals surface area contributed by atoms with Crippen molar-refractivity contribution in [2.75, 3.05) is 5.73 Å². The number of nitrogens with two attached hydrogens (primary N) is 1. The van der Waals surface area contributed by atoms with Crippen LogP contribution < -0.4 is 5.73 Å². The number of anilines is 1. The lowest BCUT2D eigenvalue weighted by atomic mass is 9.96. The van der Waals surface area contributed by atoms with Crippen molar-refractivity contribution in [2.45, 2.75) is 26.2 Å². The molecule has 2 N–H and O–H groups in total. The highest BCUT2D eigenvalue weighted by atomic mass is 35.5. The summed E-state index contributed by atoms with van der Waals surface area (Å²) in [6.07, 6.45) is 0. The average Bonchev–Trinajstić information content (AvgIpc) is 2.90. The van der Waals surface area contributed by atoms with Gasteiger partial charge >= 0.3 is 0 Å². The van der Waals surface area contributed by atoms with E-state index in [-0.39, 0.29) is 5.41 Å². The Balaban J connectivity index is 2.19. The maximum atomic E-state index is 6.06. The number of fused-ring (bicyclic) bond motifs is 1. The van der Waals surface area contributed by atoms with Gasteiger partial charge in [0.1, 0.15) is 5.01 Å². The summed E-state index contributed by atoms with van der Waals surface area (Å²) in [6, 6.07) is 5.53. The average molecular weight is 308 g/mol. The van der Waals surface area contributed by atoms with E-state index >= 15 is 0 Å². The first-order chi connectivity index (χ1) is 9.38. The highest BCUT2D eigenvalue weighted by molar-refractivity contribution is 7.19. The van der Waals surface area contributed by atoms with Gasteiger partial charge in [0.25, 0.3) is 0 Å². The standard InChI is InChI=1S/C13H14ClN5S/c1-13(2,3)11-16-17-12-19(11)18-10(20-12)7-5-4-6-8(14)9(7)15/h4-6H,15H2,1-3H3. The molecular formula is C13H14ClN5S. The van der Waals surface area contributed by atoms with Gasteiger partial charge < -0.3 is 5.73 Å². The van der Waals surface area contributed by atoms with Gasteiger partial charge in [0, 0.05) is 11.0 Å². The number of nitrogen functional groups attached to an aromatic ring is 1. The molecule has 104 valence electrons. The third-order valence-corrected chi connectivity index (χ3v) is 4.21. The van der Waals surface area contributed by atoms with E-state index in [1.807, 2.05) is 12.1 Å². The van der Waals surface area contributed by atoms with Crippen molar-refractivity contribution in [3.8, 4) is 10.6 Å². The molecule has 7 heteroatoms. The fraction of sp³-hybridized carbons (Fsp3) is 0.308. The number of hydrogen-bond donors (Lipinski definition) is 1. The SMILES string of the molecule is CC(C)(C)c1nnc2sc(-c3cccc(Cl)c3N)nn12. The van der Waals surface area contributed by atoms with Gasteiger partial charge in [-0.3, -0.25) is 0 Å². The summed E-state index contributed by atoms with van der Waals surface area (Å²) in [4.78, 5) is 0.754. The van der Waals surface area contributed by atoms with E-state index in [1.54, 1.807) is 10.6 Å². The van der Waals surface area contributed by atoms with Crippen LogP contribution in [0, 0.1) is 0 Å². The highest BCUT2D eigenvalue weighted by Gasteiger charge is 2.24. The molecule has 1 aromatic carbocycles. The Morgan fingerprint density at radius 3 is 2.70 bits per heavy atom. The van der Waals surface area contributed by atoms with Gasteiger partial charge in [-0.1, -0.05) is 49.8 Å². The number of halogens is 1. The molecule has 2 heterocycles. The predicted molar refractivity (Wildman–Crippen MR) is 82.2 cm³/mol. The van der Waals surface area contributed by atoms with Crippen molar-refractivity contribution >= 4 is 33.6 Å². The zero-order chi connectivity index (χ0) is 14.5. The molecule has 0 aliphatic heterocycles. The smallest absolute Gasteiger partial charge is 0.235 e. The summed E-state index contributed by atoms with van der Waals surface area (Å²) in [5.41, 5.74) is 7.26. The minimum absolute atomic E-state index is 0.120. The fourth-order valence-corrected chi connectivity index (χ4v) is 2.97. The molecule has 0 amide bonds. The number of rotatable bonds is 1. The molecule has 3 aromatic rings. The van der Waals surface area contributed by atoms with Crippen LogP contribution >= 0.6 is 22.9 Å². The summed E-state index contributed by atoms with van der Waals surface area (Å²) in [5.74, 6) is 0.829. The molecule has 0 unspecified atom stereocenters. The number of nitrogens with zero attached hydrogens (tertiary/aromatic N) is 4. The second-order valence-electron chi connectivity index (χ2n) is 5.58. The minimum atomic E-state index is -0.120. The first-order valence-electron chi connectivity index (χ1n) is 6.15. The summed E-state index contributed by atoms with van der Waals surface area (Å²) in [7, 11) is 0. The van der Waals surface area contributed by atoms with Crippen molar-refractivity contribution in [1.29, 1.82) is 0 Å². The van der Waals surface area contributed by atoms with Gasteiger partial charge in [-0.15, -0.1) is 10.2 Å². The largest absolute Gasteiger partial charge is 0.397 e. The number of hydrogen-bond acceptors (Lipinski definition) is 5. The lowest BCUT2D eigenvalue weighted by Crippen LogP contribution is -2.16. The lowest BCUT2D eigenvalue weighted by Gasteiger charge is -2.13. The predicted octanol–water partition coefficient (Wildman–Crippen LogP) is 3.39. The molecule has 0 aliphatic carbocycles. The van der Waals surface area contributed by atoms with Crippen molar-refractivity contribution in [2.24, 2.45) is 0 Å². The molecular weight excluding hydrogens is 294 g/mol. The maximum absolute atomic E-state index is 6.06. The molecule has 0 radical (unpaired) electrons. The molecule has 0 fully saturated rings. The van der Waals surface area contributed by atoms with Gasteiger partial charge in [0.05, 0.1) is 10.7 Å². The van der Waals surface area contributed by atoms with E-state index in [2.05, 4.69) is 36.1 Å². The molecule has 0 spiro atoms. The van der Waals surface area contributed by atoms with Gasteiger partial charge in [-0.05, 0) is 12.1 Å². The third kappa shape index (κ3) is 2.05. The monoisotopic (exact) mass is 307 g/mol. The van der Waals surface area contributed by atoms with Crippen molar-refractivity contribution in [3.63, 3.8) is 0 Å². The van der Waals surface area contributed by atoms with E-state index in [9.17, 15) is 0 Å². The molecule has 0 aliphatic rings.